The quantitative estimate of drug-likeness (QED) is 0.485. The van der Waals surface area contributed by atoms with E-state index in [0.717, 1.165) is 27.1 Å². The average Bonchev–Trinajstić information content (AvgIpc) is 3.30. The highest BCUT2D eigenvalue weighted by molar-refractivity contribution is 7.99. The Morgan fingerprint density at radius 2 is 2.00 bits per heavy atom. The number of aromatic nitrogens is 7. The number of aryl methyl sites for hydroxylation is 1. The van der Waals surface area contributed by atoms with Crippen molar-refractivity contribution in [1.29, 1.82) is 0 Å². The van der Waals surface area contributed by atoms with Crippen molar-refractivity contribution in [1.82, 2.24) is 34.6 Å². The van der Waals surface area contributed by atoms with E-state index < -0.39 is 0 Å². The minimum Gasteiger partial charge on any atom is -0.397 e. The third kappa shape index (κ3) is 2.68. The summed E-state index contributed by atoms with van der Waals surface area (Å²) in [7, 11) is 1.87. The molecule has 0 aliphatic heterocycles. The maximum Gasteiger partial charge on any atom is 0.217 e. The molecule has 0 radical (unpaired) electrons. The number of hydrogen-bond acceptors (Lipinski definition) is 7. The summed E-state index contributed by atoms with van der Waals surface area (Å²) in [5.74, 6) is 0. The summed E-state index contributed by atoms with van der Waals surface area (Å²) >= 11 is 1.43. The zero-order valence-corrected chi connectivity index (χ0v) is 15.1. The number of rotatable bonds is 3. The van der Waals surface area contributed by atoms with E-state index >= 15 is 0 Å². The van der Waals surface area contributed by atoms with Crippen LogP contribution < -0.4 is 5.73 Å². The van der Waals surface area contributed by atoms with Crippen LogP contribution in [0.15, 0.2) is 65.0 Å². The molecule has 9 heteroatoms. The molecule has 0 fully saturated rings. The monoisotopic (exact) mass is 374 g/mol. The summed E-state index contributed by atoms with van der Waals surface area (Å²) in [4.78, 5) is 5.22. The van der Waals surface area contributed by atoms with Gasteiger partial charge in [-0.15, -0.1) is 10.2 Å². The first-order valence-corrected chi connectivity index (χ1v) is 9.03. The third-order valence-corrected chi connectivity index (χ3v) is 5.24. The van der Waals surface area contributed by atoms with Crippen molar-refractivity contribution < 1.29 is 0 Å². The Balaban J connectivity index is 1.58. The lowest BCUT2D eigenvalue weighted by Crippen LogP contribution is -1.97. The Labute approximate surface area is 158 Å². The molecule has 27 heavy (non-hydrogen) atoms. The van der Waals surface area contributed by atoms with Gasteiger partial charge in [-0.05, 0) is 48.2 Å². The first-order chi connectivity index (χ1) is 13.2. The second-order valence-corrected chi connectivity index (χ2v) is 7.03. The van der Waals surface area contributed by atoms with Crippen molar-refractivity contribution in [2.75, 3.05) is 5.73 Å². The van der Waals surface area contributed by atoms with E-state index in [1.165, 1.54) is 11.8 Å². The fraction of sp³-hybridized carbons (Fsp3) is 0.0556. The molecule has 0 aliphatic rings. The van der Waals surface area contributed by atoms with E-state index in [4.69, 9.17) is 5.73 Å². The molecule has 1 aromatic carbocycles. The van der Waals surface area contributed by atoms with Crippen LogP contribution in [0.2, 0.25) is 0 Å². The fourth-order valence-electron chi connectivity index (χ4n) is 2.88. The van der Waals surface area contributed by atoms with Gasteiger partial charge in [0.1, 0.15) is 0 Å². The molecule has 0 unspecified atom stereocenters. The normalized spacial score (nSPS) is 11.4. The molecule has 0 spiro atoms. The first kappa shape index (κ1) is 15.8. The topological polar surface area (TPSA) is 99.8 Å². The van der Waals surface area contributed by atoms with Gasteiger partial charge in [-0.1, -0.05) is 0 Å². The van der Waals surface area contributed by atoms with Gasteiger partial charge in [-0.25, -0.2) is 0 Å². The van der Waals surface area contributed by atoms with Crippen LogP contribution in [0.4, 0.5) is 5.69 Å². The largest absolute Gasteiger partial charge is 0.397 e. The zero-order chi connectivity index (χ0) is 18.4. The predicted octanol–water partition coefficient (Wildman–Crippen LogP) is 2.81. The molecular weight excluding hydrogens is 360 g/mol. The van der Waals surface area contributed by atoms with Gasteiger partial charge in [0.25, 0.3) is 0 Å². The summed E-state index contributed by atoms with van der Waals surface area (Å²) in [6.07, 6.45) is 5.45. The summed E-state index contributed by atoms with van der Waals surface area (Å²) in [6.45, 7) is 0. The van der Waals surface area contributed by atoms with Gasteiger partial charge < -0.3 is 5.73 Å². The van der Waals surface area contributed by atoms with E-state index in [1.807, 2.05) is 49.6 Å². The lowest BCUT2D eigenvalue weighted by molar-refractivity contribution is 0.767. The van der Waals surface area contributed by atoms with Crippen LogP contribution in [0.25, 0.3) is 27.8 Å². The summed E-state index contributed by atoms with van der Waals surface area (Å²) in [6, 6.07) is 11.5. The molecule has 0 aliphatic carbocycles. The standard InChI is InChI=1S/C18H14N8S/c1-25-10-11(9-21-25)13-5-7-16-22-23-18(26(16)24-13)27-15-6-4-14-12(17(15)19)3-2-8-20-14/h2-10H,19H2,1H3. The molecular formula is C18H14N8S. The predicted molar refractivity (Wildman–Crippen MR) is 103 cm³/mol. The number of nitrogens with two attached hydrogens (primary N) is 1. The van der Waals surface area contributed by atoms with Gasteiger partial charge in [0.15, 0.2) is 5.65 Å². The van der Waals surface area contributed by atoms with Crippen molar-refractivity contribution in [3.8, 4) is 11.3 Å². The van der Waals surface area contributed by atoms with Crippen molar-refractivity contribution in [2.24, 2.45) is 7.05 Å². The Morgan fingerprint density at radius 3 is 2.85 bits per heavy atom. The van der Waals surface area contributed by atoms with E-state index in [2.05, 4.69) is 25.4 Å². The Morgan fingerprint density at radius 1 is 1.07 bits per heavy atom. The molecule has 5 rings (SSSR count). The number of nitrogens with zero attached hydrogens (tertiary/aromatic N) is 7. The van der Waals surface area contributed by atoms with E-state index in [1.54, 1.807) is 21.6 Å². The van der Waals surface area contributed by atoms with Crippen LogP contribution in [-0.4, -0.2) is 34.6 Å². The van der Waals surface area contributed by atoms with E-state index in [9.17, 15) is 0 Å². The van der Waals surface area contributed by atoms with Crippen molar-refractivity contribution >= 4 is 34.0 Å². The average molecular weight is 374 g/mol. The molecule has 4 heterocycles. The lowest BCUT2D eigenvalue weighted by Gasteiger charge is -2.07. The highest BCUT2D eigenvalue weighted by Crippen LogP contribution is 2.35. The first-order valence-electron chi connectivity index (χ1n) is 8.21. The van der Waals surface area contributed by atoms with Gasteiger partial charge >= 0.3 is 0 Å². The van der Waals surface area contributed by atoms with Crippen LogP contribution in [0.1, 0.15) is 0 Å². The second kappa shape index (κ2) is 6.06. The molecule has 0 saturated carbocycles. The summed E-state index contributed by atoms with van der Waals surface area (Å²) < 4.78 is 3.47. The Kier molecular flexibility index (Phi) is 3.54. The molecule has 5 aromatic rings. The smallest absolute Gasteiger partial charge is 0.217 e. The maximum absolute atomic E-state index is 6.35. The fourth-order valence-corrected chi connectivity index (χ4v) is 3.74. The minimum absolute atomic E-state index is 0.644. The van der Waals surface area contributed by atoms with Gasteiger partial charge in [0.05, 0.1) is 23.1 Å². The maximum atomic E-state index is 6.35. The van der Waals surface area contributed by atoms with Crippen LogP contribution in [0.3, 0.4) is 0 Å². The van der Waals surface area contributed by atoms with Crippen molar-refractivity contribution in [2.45, 2.75) is 10.1 Å². The summed E-state index contributed by atoms with van der Waals surface area (Å²) in [5, 5.41) is 18.9. The third-order valence-electron chi connectivity index (χ3n) is 4.22. The molecule has 2 N–H and O–H groups in total. The zero-order valence-electron chi connectivity index (χ0n) is 14.3. The van der Waals surface area contributed by atoms with Gasteiger partial charge in [-0.2, -0.15) is 14.7 Å². The molecule has 4 aromatic heterocycles. The molecule has 0 atom stereocenters. The molecule has 8 nitrogen and oxygen atoms in total. The SMILES string of the molecule is Cn1cc(-c2ccc3nnc(Sc4ccc5ncccc5c4N)n3n2)cn1. The number of nitrogen functional groups attached to an aromatic ring is 1. The molecule has 0 amide bonds. The van der Waals surface area contributed by atoms with Crippen molar-refractivity contribution in [3.05, 3.63) is 55.0 Å². The number of fused-ring (bicyclic) bond motifs is 2. The molecule has 0 bridgehead atoms. The Bertz CT molecular complexity index is 1290. The van der Waals surface area contributed by atoms with Crippen LogP contribution in [-0.2, 0) is 7.05 Å². The van der Waals surface area contributed by atoms with Crippen LogP contribution in [0.5, 0.6) is 0 Å². The minimum atomic E-state index is 0.644. The number of anilines is 1. The summed E-state index contributed by atoms with van der Waals surface area (Å²) in [5.41, 5.74) is 10.3. The highest BCUT2D eigenvalue weighted by atomic mass is 32.2. The van der Waals surface area contributed by atoms with Crippen LogP contribution in [0, 0.1) is 0 Å². The second-order valence-electron chi connectivity index (χ2n) is 6.02. The molecule has 132 valence electrons. The van der Waals surface area contributed by atoms with Gasteiger partial charge in [0, 0.05) is 35.3 Å². The molecule has 0 saturated heterocycles. The van der Waals surface area contributed by atoms with Gasteiger partial charge in [-0.3, -0.25) is 9.67 Å². The van der Waals surface area contributed by atoms with Crippen LogP contribution >= 0.6 is 11.8 Å². The number of pyridine rings is 1. The van der Waals surface area contributed by atoms with E-state index in [0.29, 0.717) is 16.5 Å². The van der Waals surface area contributed by atoms with Gasteiger partial charge in [0.2, 0.25) is 5.16 Å². The van der Waals surface area contributed by atoms with E-state index in [-0.39, 0.29) is 0 Å². The lowest BCUT2D eigenvalue weighted by atomic mass is 10.2. The Hall–Kier alpha value is -3.46. The van der Waals surface area contributed by atoms with Crippen molar-refractivity contribution in [3.63, 3.8) is 0 Å². The number of benzene rings is 1. The highest BCUT2D eigenvalue weighted by Gasteiger charge is 2.14. The number of hydrogen-bond donors (Lipinski definition) is 1.